The summed E-state index contributed by atoms with van der Waals surface area (Å²) in [5.74, 6) is 0.713. The van der Waals surface area contributed by atoms with E-state index in [1.807, 2.05) is 13.2 Å². The van der Waals surface area contributed by atoms with Gasteiger partial charge in [-0.15, -0.1) is 5.10 Å². The Morgan fingerprint density at radius 1 is 1.69 bits per heavy atom. The molecule has 2 atom stereocenters. The normalized spacial score (nSPS) is 29.8. The summed E-state index contributed by atoms with van der Waals surface area (Å²) >= 11 is 0. The van der Waals surface area contributed by atoms with Gasteiger partial charge in [-0.3, -0.25) is 4.68 Å². The first-order valence-corrected chi connectivity index (χ1v) is 5.83. The molecule has 0 spiro atoms. The summed E-state index contributed by atoms with van der Waals surface area (Å²) in [6, 6.07) is 0. The average Bonchev–Trinajstić information content (AvgIpc) is 2.83. The number of hydrogen-bond acceptors (Lipinski definition) is 4. The fraction of sp³-hybridized carbons (Fsp3) is 0.818. The van der Waals surface area contributed by atoms with Crippen LogP contribution in [0.3, 0.4) is 0 Å². The lowest BCUT2D eigenvalue weighted by atomic mass is 10.0. The lowest BCUT2D eigenvalue weighted by molar-refractivity contribution is -0.0484. The molecule has 0 radical (unpaired) electrons. The molecule has 1 aromatic rings. The zero-order valence-electron chi connectivity index (χ0n) is 10.0. The molecule has 5 nitrogen and oxygen atoms in total. The van der Waals surface area contributed by atoms with Crippen LogP contribution in [0.25, 0.3) is 0 Å². The zero-order chi connectivity index (χ0) is 11.6. The van der Waals surface area contributed by atoms with Crippen LogP contribution in [0.5, 0.6) is 0 Å². The monoisotopic (exact) mass is 224 g/mol. The maximum atomic E-state index is 5.97. The highest BCUT2D eigenvalue weighted by Gasteiger charge is 2.37. The van der Waals surface area contributed by atoms with Gasteiger partial charge in [-0.05, 0) is 25.2 Å². The molecule has 0 bridgehead atoms. The molecule has 0 aliphatic heterocycles. The quantitative estimate of drug-likeness (QED) is 0.823. The van der Waals surface area contributed by atoms with Crippen LogP contribution in [-0.2, 0) is 18.4 Å². The predicted octanol–water partition coefficient (Wildman–Crippen LogP) is 0.849. The topological polar surface area (TPSA) is 66.0 Å². The van der Waals surface area contributed by atoms with E-state index in [-0.39, 0.29) is 5.60 Å². The SMILES string of the molecule is CC1CCC(CN)(OCc2cn(C)nn2)C1. The van der Waals surface area contributed by atoms with Crippen molar-refractivity contribution in [1.82, 2.24) is 15.0 Å². The summed E-state index contributed by atoms with van der Waals surface area (Å²) in [6.45, 7) is 3.36. The van der Waals surface area contributed by atoms with Crippen LogP contribution in [0.15, 0.2) is 6.20 Å². The largest absolute Gasteiger partial charge is 0.367 e. The van der Waals surface area contributed by atoms with Crippen LogP contribution in [0.1, 0.15) is 31.9 Å². The van der Waals surface area contributed by atoms with Crippen LogP contribution in [0.2, 0.25) is 0 Å². The highest BCUT2D eigenvalue weighted by atomic mass is 16.5. The fourth-order valence-electron chi connectivity index (χ4n) is 2.41. The fourth-order valence-corrected chi connectivity index (χ4v) is 2.41. The molecule has 1 saturated carbocycles. The van der Waals surface area contributed by atoms with Gasteiger partial charge in [0.05, 0.1) is 18.4 Å². The van der Waals surface area contributed by atoms with Crippen LogP contribution < -0.4 is 5.73 Å². The van der Waals surface area contributed by atoms with E-state index in [4.69, 9.17) is 10.5 Å². The van der Waals surface area contributed by atoms with E-state index in [2.05, 4.69) is 17.2 Å². The third kappa shape index (κ3) is 2.41. The van der Waals surface area contributed by atoms with Gasteiger partial charge in [-0.1, -0.05) is 12.1 Å². The van der Waals surface area contributed by atoms with Crippen molar-refractivity contribution < 1.29 is 4.74 Å². The second-order valence-corrected chi connectivity index (χ2v) is 4.91. The van der Waals surface area contributed by atoms with Crippen molar-refractivity contribution in [2.75, 3.05) is 6.54 Å². The number of nitrogens with two attached hydrogens (primary N) is 1. The predicted molar refractivity (Wildman–Crippen MR) is 60.6 cm³/mol. The van der Waals surface area contributed by atoms with Gasteiger partial charge in [0.25, 0.3) is 0 Å². The molecule has 90 valence electrons. The van der Waals surface area contributed by atoms with Crippen LogP contribution in [-0.4, -0.2) is 27.1 Å². The van der Waals surface area contributed by atoms with Gasteiger partial charge < -0.3 is 10.5 Å². The van der Waals surface area contributed by atoms with Crippen molar-refractivity contribution in [2.45, 2.75) is 38.4 Å². The highest BCUT2D eigenvalue weighted by molar-refractivity contribution is 4.94. The number of aromatic nitrogens is 3. The van der Waals surface area contributed by atoms with Crippen molar-refractivity contribution >= 4 is 0 Å². The number of nitrogens with zero attached hydrogens (tertiary/aromatic N) is 3. The first-order chi connectivity index (χ1) is 7.63. The molecule has 1 aliphatic carbocycles. The Hall–Kier alpha value is -0.940. The maximum Gasteiger partial charge on any atom is 0.108 e. The Labute approximate surface area is 96.0 Å². The Morgan fingerprint density at radius 3 is 3.00 bits per heavy atom. The smallest absolute Gasteiger partial charge is 0.108 e. The number of hydrogen-bond donors (Lipinski definition) is 1. The van der Waals surface area contributed by atoms with Crippen LogP contribution >= 0.6 is 0 Å². The summed E-state index contributed by atoms with van der Waals surface area (Å²) < 4.78 is 7.65. The minimum absolute atomic E-state index is 0.128. The second kappa shape index (κ2) is 4.51. The zero-order valence-corrected chi connectivity index (χ0v) is 10.0. The third-order valence-electron chi connectivity index (χ3n) is 3.36. The highest BCUT2D eigenvalue weighted by Crippen LogP contribution is 2.36. The molecule has 2 unspecified atom stereocenters. The van der Waals surface area contributed by atoms with Crippen LogP contribution in [0.4, 0.5) is 0 Å². The van der Waals surface area contributed by atoms with E-state index in [1.54, 1.807) is 4.68 Å². The van der Waals surface area contributed by atoms with Crippen LogP contribution in [0, 0.1) is 5.92 Å². The second-order valence-electron chi connectivity index (χ2n) is 4.91. The van der Waals surface area contributed by atoms with Gasteiger partial charge in [0.15, 0.2) is 0 Å². The molecule has 5 heteroatoms. The third-order valence-corrected chi connectivity index (χ3v) is 3.36. The molecule has 0 saturated heterocycles. The maximum absolute atomic E-state index is 5.97. The molecule has 2 rings (SSSR count). The van der Waals surface area contributed by atoms with Crippen molar-refractivity contribution in [3.05, 3.63) is 11.9 Å². The molecule has 1 aliphatic rings. The molecule has 1 heterocycles. The van der Waals surface area contributed by atoms with E-state index in [0.29, 0.717) is 19.1 Å². The summed E-state index contributed by atoms with van der Waals surface area (Å²) in [4.78, 5) is 0. The van der Waals surface area contributed by atoms with Gasteiger partial charge in [0.1, 0.15) is 5.69 Å². The average molecular weight is 224 g/mol. The molecule has 0 amide bonds. The van der Waals surface area contributed by atoms with E-state index in [1.165, 1.54) is 6.42 Å². The molecule has 2 N–H and O–H groups in total. The minimum Gasteiger partial charge on any atom is -0.367 e. The Bertz CT molecular complexity index is 352. The molecule has 1 fully saturated rings. The Kier molecular flexibility index (Phi) is 3.25. The van der Waals surface area contributed by atoms with E-state index in [9.17, 15) is 0 Å². The Balaban J connectivity index is 1.93. The summed E-state index contributed by atoms with van der Waals surface area (Å²) in [5, 5.41) is 7.89. The summed E-state index contributed by atoms with van der Waals surface area (Å²) in [7, 11) is 1.85. The van der Waals surface area contributed by atoms with E-state index < -0.39 is 0 Å². The van der Waals surface area contributed by atoms with Gasteiger partial charge in [0, 0.05) is 13.6 Å². The first-order valence-electron chi connectivity index (χ1n) is 5.83. The van der Waals surface area contributed by atoms with Crippen molar-refractivity contribution in [2.24, 2.45) is 18.7 Å². The Morgan fingerprint density at radius 2 is 2.50 bits per heavy atom. The summed E-state index contributed by atoms with van der Waals surface area (Å²) in [6.07, 6.45) is 5.20. The number of rotatable bonds is 4. The van der Waals surface area contributed by atoms with Crippen molar-refractivity contribution in [3.63, 3.8) is 0 Å². The number of ether oxygens (including phenoxy) is 1. The van der Waals surface area contributed by atoms with Crippen molar-refractivity contribution in [3.8, 4) is 0 Å². The van der Waals surface area contributed by atoms with E-state index >= 15 is 0 Å². The number of aryl methyl sites for hydroxylation is 1. The standard InChI is InChI=1S/C11H20N4O/c1-9-3-4-11(5-9,8-12)16-7-10-6-15(2)14-13-10/h6,9H,3-5,7-8,12H2,1-2H3. The van der Waals surface area contributed by atoms with Gasteiger partial charge in [-0.25, -0.2) is 0 Å². The summed E-state index contributed by atoms with van der Waals surface area (Å²) in [5.41, 5.74) is 6.58. The lowest BCUT2D eigenvalue weighted by Crippen LogP contribution is -2.38. The molecular formula is C11H20N4O. The lowest BCUT2D eigenvalue weighted by Gasteiger charge is -2.27. The molecule has 1 aromatic heterocycles. The van der Waals surface area contributed by atoms with Crippen molar-refractivity contribution in [1.29, 1.82) is 0 Å². The first kappa shape index (κ1) is 11.5. The van der Waals surface area contributed by atoms with Gasteiger partial charge in [0.2, 0.25) is 0 Å². The van der Waals surface area contributed by atoms with E-state index in [0.717, 1.165) is 18.5 Å². The van der Waals surface area contributed by atoms with Gasteiger partial charge >= 0.3 is 0 Å². The molecule has 0 aromatic carbocycles. The minimum atomic E-state index is -0.128. The molecular weight excluding hydrogens is 204 g/mol. The molecule has 16 heavy (non-hydrogen) atoms. The van der Waals surface area contributed by atoms with Gasteiger partial charge in [-0.2, -0.15) is 0 Å².